The summed E-state index contributed by atoms with van der Waals surface area (Å²) in [6, 6.07) is 8.11. The zero-order valence-electron chi connectivity index (χ0n) is 17.2. The van der Waals surface area contributed by atoms with Crippen LogP contribution in [0.15, 0.2) is 52.8 Å². The number of aliphatic hydroxyl groups is 1. The SMILES string of the molecule is Cc1nc2ccccn2c1/C(O)=C1\C(=O)C(=O)N(CCCN(C)C)C1c1ccco1. The van der Waals surface area contributed by atoms with Crippen molar-refractivity contribution < 1.29 is 19.1 Å². The summed E-state index contributed by atoms with van der Waals surface area (Å²) >= 11 is 0. The number of ketones is 1. The molecule has 0 aromatic carbocycles. The van der Waals surface area contributed by atoms with Gasteiger partial charge in [0.25, 0.3) is 11.7 Å². The highest BCUT2D eigenvalue weighted by Crippen LogP contribution is 2.40. The number of pyridine rings is 1. The van der Waals surface area contributed by atoms with Crippen LogP contribution in [0.2, 0.25) is 0 Å². The molecule has 1 unspecified atom stereocenters. The number of furan rings is 1. The summed E-state index contributed by atoms with van der Waals surface area (Å²) in [6.45, 7) is 2.90. The number of carbonyl (C=O) groups is 2. The Labute approximate surface area is 174 Å². The number of nitrogens with zero attached hydrogens (tertiary/aromatic N) is 4. The molecular formula is C22H24N4O4. The lowest BCUT2D eigenvalue weighted by molar-refractivity contribution is -0.140. The van der Waals surface area contributed by atoms with Crippen LogP contribution in [0.3, 0.4) is 0 Å². The Bertz CT molecular complexity index is 1130. The number of likely N-dealkylation sites (tertiary alicyclic amines) is 1. The van der Waals surface area contributed by atoms with Crippen molar-refractivity contribution in [2.24, 2.45) is 0 Å². The monoisotopic (exact) mass is 408 g/mol. The molecule has 1 aliphatic heterocycles. The first-order chi connectivity index (χ1) is 14.4. The number of fused-ring (bicyclic) bond motifs is 1. The number of amides is 1. The molecule has 3 aromatic heterocycles. The van der Waals surface area contributed by atoms with Gasteiger partial charge in [-0.3, -0.25) is 14.0 Å². The Morgan fingerprint density at radius 3 is 2.73 bits per heavy atom. The first kappa shape index (κ1) is 19.9. The van der Waals surface area contributed by atoms with E-state index >= 15 is 0 Å². The molecule has 1 amide bonds. The highest BCUT2D eigenvalue weighted by Gasteiger charge is 2.47. The molecule has 0 aliphatic carbocycles. The van der Waals surface area contributed by atoms with E-state index in [4.69, 9.17) is 4.42 Å². The maximum atomic E-state index is 13.0. The van der Waals surface area contributed by atoms with Crippen LogP contribution in [0.25, 0.3) is 11.4 Å². The van der Waals surface area contributed by atoms with E-state index in [-0.39, 0.29) is 11.3 Å². The molecule has 1 aliphatic rings. The van der Waals surface area contributed by atoms with Crippen LogP contribution in [0.5, 0.6) is 0 Å². The summed E-state index contributed by atoms with van der Waals surface area (Å²) in [5.41, 5.74) is 1.63. The molecule has 1 fully saturated rings. The van der Waals surface area contributed by atoms with Gasteiger partial charge in [0, 0.05) is 12.7 Å². The average Bonchev–Trinajstić information content (AvgIpc) is 3.40. The van der Waals surface area contributed by atoms with Gasteiger partial charge in [-0.15, -0.1) is 0 Å². The summed E-state index contributed by atoms with van der Waals surface area (Å²) in [6.07, 6.45) is 3.94. The van der Waals surface area contributed by atoms with Crippen LogP contribution in [0.1, 0.15) is 29.6 Å². The number of hydrogen-bond donors (Lipinski definition) is 1. The fraction of sp³-hybridized carbons (Fsp3) is 0.318. The third-order valence-corrected chi connectivity index (χ3v) is 5.29. The van der Waals surface area contributed by atoms with Crippen molar-refractivity contribution in [3.8, 4) is 0 Å². The van der Waals surface area contributed by atoms with Gasteiger partial charge in [0.2, 0.25) is 0 Å². The Kier molecular flexibility index (Phi) is 5.17. The third-order valence-electron chi connectivity index (χ3n) is 5.29. The van der Waals surface area contributed by atoms with E-state index in [0.29, 0.717) is 35.8 Å². The lowest BCUT2D eigenvalue weighted by Crippen LogP contribution is -2.32. The van der Waals surface area contributed by atoms with E-state index in [1.807, 2.05) is 37.2 Å². The Morgan fingerprint density at radius 2 is 2.03 bits per heavy atom. The number of carbonyl (C=O) groups excluding carboxylic acids is 2. The minimum Gasteiger partial charge on any atom is -0.505 e. The second kappa shape index (κ2) is 7.79. The molecule has 1 N–H and O–H groups in total. The van der Waals surface area contributed by atoms with Gasteiger partial charge < -0.3 is 19.3 Å². The molecule has 0 spiro atoms. The van der Waals surface area contributed by atoms with E-state index in [1.54, 1.807) is 29.7 Å². The molecule has 1 atom stereocenters. The van der Waals surface area contributed by atoms with Gasteiger partial charge >= 0.3 is 0 Å². The smallest absolute Gasteiger partial charge is 0.295 e. The van der Waals surface area contributed by atoms with Gasteiger partial charge in [-0.05, 0) is 58.3 Å². The zero-order valence-corrected chi connectivity index (χ0v) is 17.2. The Balaban J connectivity index is 1.85. The number of imidazole rings is 1. The van der Waals surface area contributed by atoms with Crippen LogP contribution >= 0.6 is 0 Å². The molecule has 4 rings (SSSR count). The largest absolute Gasteiger partial charge is 0.505 e. The van der Waals surface area contributed by atoms with E-state index in [0.717, 1.165) is 6.54 Å². The predicted octanol–water partition coefficient (Wildman–Crippen LogP) is 2.61. The van der Waals surface area contributed by atoms with Crippen LogP contribution in [0, 0.1) is 6.92 Å². The minimum atomic E-state index is -0.782. The molecule has 8 nitrogen and oxygen atoms in total. The van der Waals surface area contributed by atoms with E-state index in [9.17, 15) is 14.7 Å². The van der Waals surface area contributed by atoms with Gasteiger partial charge in [-0.2, -0.15) is 0 Å². The predicted molar refractivity (Wildman–Crippen MR) is 111 cm³/mol. The van der Waals surface area contributed by atoms with Crippen molar-refractivity contribution in [2.75, 3.05) is 27.2 Å². The summed E-state index contributed by atoms with van der Waals surface area (Å²) in [5.74, 6) is -1.17. The number of aliphatic hydroxyl groups excluding tert-OH is 1. The molecular weight excluding hydrogens is 384 g/mol. The average molecular weight is 408 g/mol. The molecule has 1 saturated heterocycles. The maximum Gasteiger partial charge on any atom is 0.295 e. The highest BCUT2D eigenvalue weighted by atomic mass is 16.3. The van der Waals surface area contributed by atoms with E-state index < -0.39 is 17.7 Å². The quantitative estimate of drug-likeness (QED) is 0.383. The number of rotatable bonds is 6. The van der Waals surface area contributed by atoms with Crippen LogP contribution < -0.4 is 0 Å². The molecule has 0 radical (unpaired) electrons. The summed E-state index contributed by atoms with van der Waals surface area (Å²) < 4.78 is 7.27. The van der Waals surface area contributed by atoms with E-state index in [1.165, 1.54) is 11.2 Å². The van der Waals surface area contributed by atoms with Crippen LogP contribution in [-0.2, 0) is 9.59 Å². The Hall–Kier alpha value is -3.39. The van der Waals surface area contributed by atoms with Crippen molar-refractivity contribution in [3.63, 3.8) is 0 Å². The lowest BCUT2D eigenvalue weighted by Gasteiger charge is -2.24. The molecule has 0 saturated carbocycles. The Morgan fingerprint density at radius 1 is 1.23 bits per heavy atom. The topological polar surface area (TPSA) is 91.3 Å². The van der Waals surface area contributed by atoms with Gasteiger partial charge in [0.05, 0.1) is 17.5 Å². The maximum absolute atomic E-state index is 13.0. The van der Waals surface area contributed by atoms with E-state index in [2.05, 4.69) is 4.98 Å². The number of aromatic nitrogens is 2. The van der Waals surface area contributed by atoms with Crippen molar-refractivity contribution in [1.82, 2.24) is 19.2 Å². The molecule has 0 bridgehead atoms. The second-order valence-corrected chi connectivity index (χ2v) is 7.64. The zero-order chi connectivity index (χ0) is 21.4. The van der Waals surface area contributed by atoms with Gasteiger partial charge in [0.15, 0.2) is 5.76 Å². The minimum absolute atomic E-state index is 0.0218. The van der Waals surface area contributed by atoms with Crippen LogP contribution in [-0.4, -0.2) is 63.2 Å². The standard InChI is InChI=1S/C22H24N4O4/c1-14-18(25-11-5-4-9-16(25)23-14)20(27)17-19(15-8-6-13-30-15)26(22(29)21(17)28)12-7-10-24(2)3/h4-6,8-9,11,13,19,27H,7,10,12H2,1-3H3/b20-17+. The number of hydrogen-bond acceptors (Lipinski definition) is 6. The first-order valence-corrected chi connectivity index (χ1v) is 9.80. The molecule has 4 heterocycles. The molecule has 3 aromatic rings. The summed E-state index contributed by atoms with van der Waals surface area (Å²) in [7, 11) is 3.90. The van der Waals surface area contributed by atoms with Gasteiger partial charge in [0.1, 0.15) is 23.1 Å². The summed E-state index contributed by atoms with van der Waals surface area (Å²) in [5, 5.41) is 11.2. The van der Waals surface area contributed by atoms with Gasteiger partial charge in [-0.1, -0.05) is 6.07 Å². The third kappa shape index (κ3) is 3.29. The highest BCUT2D eigenvalue weighted by molar-refractivity contribution is 6.46. The molecule has 8 heteroatoms. The first-order valence-electron chi connectivity index (χ1n) is 9.80. The molecule has 156 valence electrons. The van der Waals surface area contributed by atoms with Crippen LogP contribution in [0.4, 0.5) is 0 Å². The fourth-order valence-corrected chi connectivity index (χ4v) is 3.94. The van der Waals surface area contributed by atoms with Crippen molar-refractivity contribution >= 4 is 23.1 Å². The molecule has 30 heavy (non-hydrogen) atoms. The normalized spacial score (nSPS) is 18.8. The second-order valence-electron chi connectivity index (χ2n) is 7.64. The van der Waals surface area contributed by atoms with Crippen molar-refractivity contribution in [2.45, 2.75) is 19.4 Å². The van der Waals surface area contributed by atoms with Gasteiger partial charge in [-0.25, -0.2) is 4.98 Å². The summed E-state index contributed by atoms with van der Waals surface area (Å²) in [4.78, 5) is 33.8. The fourth-order valence-electron chi connectivity index (χ4n) is 3.94. The number of aryl methyl sites for hydroxylation is 1. The van der Waals surface area contributed by atoms with Crippen molar-refractivity contribution in [1.29, 1.82) is 0 Å². The van der Waals surface area contributed by atoms with Crippen molar-refractivity contribution in [3.05, 3.63) is 65.5 Å². The lowest BCUT2D eigenvalue weighted by atomic mass is 10.0. The number of Topliss-reactive ketones (excluding diaryl/α,β-unsaturated/α-hetero) is 1.